The van der Waals surface area contributed by atoms with E-state index < -0.39 is 11.7 Å². The van der Waals surface area contributed by atoms with Crippen LogP contribution in [-0.4, -0.2) is 89.4 Å². The molecule has 1 saturated heterocycles. The number of nitrogens with one attached hydrogen (secondary N) is 1. The molecule has 0 aliphatic carbocycles. The van der Waals surface area contributed by atoms with Crippen molar-refractivity contribution < 1.29 is 23.8 Å². The number of benzene rings is 1. The van der Waals surface area contributed by atoms with E-state index in [4.69, 9.17) is 19.2 Å². The summed E-state index contributed by atoms with van der Waals surface area (Å²) in [4.78, 5) is 42.8. The first kappa shape index (κ1) is 31.9. The molecule has 2 aliphatic rings. The van der Waals surface area contributed by atoms with Crippen LogP contribution in [0.3, 0.4) is 0 Å². The lowest BCUT2D eigenvalue weighted by atomic mass is 10.0. The first-order valence-corrected chi connectivity index (χ1v) is 15.6. The second-order valence-corrected chi connectivity index (χ2v) is 12.8. The summed E-state index contributed by atoms with van der Waals surface area (Å²) in [7, 11) is 5.33. The third kappa shape index (κ3) is 6.87. The fraction of sp³-hybridized carbons (Fsp3) is 0.371. The van der Waals surface area contributed by atoms with E-state index in [-0.39, 0.29) is 5.91 Å². The highest BCUT2D eigenvalue weighted by atomic mass is 16.6. The van der Waals surface area contributed by atoms with Gasteiger partial charge in [-0.05, 0) is 58.2 Å². The molecule has 3 aromatic heterocycles. The van der Waals surface area contributed by atoms with Gasteiger partial charge in [0, 0.05) is 74.4 Å². The molecule has 4 aromatic rings. The lowest BCUT2D eigenvalue weighted by molar-refractivity contribution is 0.0537. The molecule has 6 rings (SSSR count). The number of rotatable bonds is 8. The number of likely N-dealkylation sites (N-methyl/N-ethyl adjacent to an activating group) is 1. The fourth-order valence-electron chi connectivity index (χ4n) is 5.85. The molecule has 1 aromatic carbocycles. The number of pyridine rings is 2. The van der Waals surface area contributed by atoms with Crippen molar-refractivity contribution in [1.29, 1.82) is 0 Å². The third-order valence-electron chi connectivity index (χ3n) is 8.33. The lowest BCUT2D eigenvalue weighted by Gasteiger charge is -2.33. The van der Waals surface area contributed by atoms with Gasteiger partial charge in [0.1, 0.15) is 22.9 Å². The molecule has 0 spiro atoms. The van der Waals surface area contributed by atoms with Crippen LogP contribution in [0.1, 0.15) is 42.3 Å². The van der Waals surface area contributed by atoms with Crippen molar-refractivity contribution in [3.8, 4) is 22.8 Å². The molecule has 12 nitrogen and oxygen atoms in total. The molecule has 2 aliphatic heterocycles. The molecule has 0 unspecified atom stereocenters. The van der Waals surface area contributed by atoms with Crippen LogP contribution in [0.25, 0.3) is 11.3 Å². The zero-order valence-corrected chi connectivity index (χ0v) is 27.7. The van der Waals surface area contributed by atoms with E-state index in [0.29, 0.717) is 52.9 Å². The number of piperazine rings is 1. The highest BCUT2D eigenvalue weighted by Gasteiger charge is 2.34. The number of carbonyl (C=O) groups is 2. The average molecular weight is 640 g/mol. The molecule has 246 valence electrons. The Labute approximate surface area is 274 Å². The number of methoxy groups -OCH3 is 2. The molecule has 5 heterocycles. The number of carbonyl (C=O) groups excluding carboxylic acids is 2. The van der Waals surface area contributed by atoms with Gasteiger partial charge >= 0.3 is 6.09 Å². The predicted molar refractivity (Wildman–Crippen MR) is 180 cm³/mol. The van der Waals surface area contributed by atoms with Gasteiger partial charge in [0.25, 0.3) is 5.91 Å². The van der Waals surface area contributed by atoms with Gasteiger partial charge in [-0.15, -0.1) is 0 Å². The topological polar surface area (TPSA) is 114 Å². The van der Waals surface area contributed by atoms with E-state index in [1.807, 2.05) is 51.2 Å². The maximum atomic E-state index is 14.2. The minimum atomic E-state index is -0.638. The van der Waals surface area contributed by atoms with E-state index in [2.05, 4.69) is 27.1 Å². The normalized spacial score (nSPS) is 15.1. The lowest BCUT2D eigenvalue weighted by Crippen LogP contribution is -2.44. The van der Waals surface area contributed by atoms with E-state index in [0.717, 1.165) is 43.0 Å². The van der Waals surface area contributed by atoms with E-state index in [1.54, 1.807) is 49.8 Å². The van der Waals surface area contributed by atoms with Crippen molar-refractivity contribution in [2.45, 2.75) is 39.5 Å². The Balaban J connectivity index is 1.32. The summed E-state index contributed by atoms with van der Waals surface area (Å²) >= 11 is 0. The first-order valence-electron chi connectivity index (χ1n) is 15.6. The van der Waals surface area contributed by atoms with Gasteiger partial charge in [0.2, 0.25) is 0 Å². The van der Waals surface area contributed by atoms with Crippen LogP contribution >= 0.6 is 0 Å². The quantitative estimate of drug-likeness (QED) is 0.269. The maximum Gasteiger partial charge on any atom is 0.418 e. The second kappa shape index (κ2) is 13.0. The Kier molecular flexibility index (Phi) is 8.78. The molecule has 0 atom stereocenters. The Bertz CT molecular complexity index is 1770. The summed E-state index contributed by atoms with van der Waals surface area (Å²) in [6.45, 7) is 10.0. The standard InChI is InChI=1S/C35H41N7O5/c1-35(2,3)47-34(44)41-12-11-24(21-41)32-27-22-42(20-23-7-9-26(45-5)17-29(23)46-6)33(43)31(27)28(19-37-32)38-30-10-8-25(18-36-30)40-15-13-39(4)14-16-40/h7-12,17-19,21H,13-16,20,22H2,1-6H3,(H,36,38). The van der Waals surface area contributed by atoms with Crippen LogP contribution in [0, 0.1) is 0 Å². The molecule has 0 radical (unpaired) electrons. The summed E-state index contributed by atoms with van der Waals surface area (Å²) in [5.41, 5.74) is 4.41. The number of amides is 1. The molecule has 0 bridgehead atoms. The minimum absolute atomic E-state index is 0.148. The van der Waals surface area contributed by atoms with Gasteiger partial charge in [0.15, 0.2) is 0 Å². The number of hydrogen-bond acceptors (Lipinski definition) is 10. The van der Waals surface area contributed by atoms with Crippen LogP contribution < -0.4 is 19.7 Å². The molecular weight excluding hydrogens is 598 g/mol. The van der Waals surface area contributed by atoms with Crippen LogP contribution in [0.2, 0.25) is 0 Å². The van der Waals surface area contributed by atoms with Crippen molar-refractivity contribution in [2.75, 3.05) is 57.7 Å². The molecule has 47 heavy (non-hydrogen) atoms. The second-order valence-electron chi connectivity index (χ2n) is 12.8. The minimum Gasteiger partial charge on any atom is -0.497 e. The SMILES string of the molecule is COc1ccc(CN2Cc3c(-c4ccn(C(=O)OC(C)(C)C)c4)ncc(Nc4ccc(N5CCN(C)CC5)cn4)c3C2=O)c(OC)c1. The van der Waals surface area contributed by atoms with Crippen LogP contribution in [0.5, 0.6) is 11.5 Å². The number of nitrogens with zero attached hydrogens (tertiary/aromatic N) is 6. The molecule has 1 amide bonds. The summed E-state index contributed by atoms with van der Waals surface area (Å²) in [6.07, 6.45) is 6.35. The first-order chi connectivity index (χ1) is 22.5. The zero-order valence-electron chi connectivity index (χ0n) is 27.7. The molecule has 0 saturated carbocycles. The van der Waals surface area contributed by atoms with Gasteiger partial charge < -0.3 is 34.2 Å². The van der Waals surface area contributed by atoms with Crippen molar-refractivity contribution in [3.63, 3.8) is 0 Å². The summed E-state index contributed by atoms with van der Waals surface area (Å²) in [5.74, 6) is 1.76. The van der Waals surface area contributed by atoms with Crippen LogP contribution in [0.15, 0.2) is 61.2 Å². The molecular formula is C35H41N7O5. The Morgan fingerprint density at radius 1 is 0.979 bits per heavy atom. The average Bonchev–Trinajstić information content (AvgIpc) is 3.67. The third-order valence-corrected chi connectivity index (χ3v) is 8.33. The van der Waals surface area contributed by atoms with Gasteiger partial charge in [0.05, 0.1) is 49.2 Å². The van der Waals surface area contributed by atoms with Crippen molar-refractivity contribution in [2.24, 2.45) is 0 Å². The van der Waals surface area contributed by atoms with Crippen LogP contribution in [-0.2, 0) is 17.8 Å². The number of aromatic nitrogens is 3. The van der Waals surface area contributed by atoms with E-state index in [9.17, 15) is 9.59 Å². The highest BCUT2D eigenvalue weighted by molar-refractivity contribution is 6.05. The van der Waals surface area contributed by atoms with Gasteiger partial charge in [-0.3, -0.25) is 14.3 Å². The zero-order chi connectivity index (χ0) is 33.3. The number of hydrogen-bond donors (Lipinski definition) is 1. The molecule has 1 N–H and O–H groups in total. The summed E-state index contributed by atoms with van der Waals surface area (Å²) in [5, 5.41) is 3.35. The number of fused-ring (bicyclic) bond motifs is 1. The predicted octanol–water partition coefficient (Wildman–Crippen LogP) is 5.40. The number of anilines is 3. The van der Waals surface area contributed by atoms with Gasteiger partial charge in [-0.1, -0.05) is 0 Å². The van der Waals surface area contributed by atoms with Crippen LogP contribution in [0.4, 0.5) is 22.0 Å². The highest BCUT2D eigenvalue weighted by Crippen LogP contribution is 2.38. The summed E-state index contributed by atoms with van der Waals surface area (Å²) < 4.78 is 17.9. The number of ether oxygens (including phenoxy) is 3. The fourth-order valence-corrected chi connectivity index (χ4v) is 5.85. The van der Waals surface area contributed by atoms with Crippen molar-refractivity contribution in [3.05, 3.63) is 77.9 Å². The van der Waals surface area contributed by atoms with Crippen molar-refractivity contribution in [1.82, 2.24) is 24.3 Å². The largest absolute Gasteiger partial charge is 0.497 e. The van der Waals surface area contributed by atoms with Gasteiger partial charge in [-0.25, -0.2) is 9.78 Å². The Morgan fingerprint density at radius 3 is 2.45 bits per heavy atom. The molecule has 12 heteroatoms. The smallest absolute Gasteiger partial charge is 0.418 e. The molecule has 1 fully saturated rings. The Morgan fingerprint density at radius 2 is 1.77 bits per heavy atom. The van der Waals surface area contributed by atoms with Gasteiger partial charge in [-0.2, -0.15) is 0 Å². The summed E-state index contributed by atoms with van der Waals surface area (Å²) in [6, 6.07) is 11.3. The van der Waals surface area contributed by atoms with Crippen molar-refractivity contribution >= 4 is 29.2 Å². The maximum absolute atomic E-state index is 14.2. The Hall–Kier alpha value is -5.10. The van der Waals surface area contributed by atoms with E-state index in [1.165, 1.54) is 4.57 Å². The van der Waals surface area contributed by atoms with E-state index >= 15 is 0 Å². The monoisotopic (exact) mass is 639 g/mol.